The Kier molecular flexibility index (Phi) is 3.23. The molecule has 1 aliphatic heterocycles. The molecule has 6 heteroatoms. The van der Waals surface area contributed by atoms with Crippen LogP contribution in [-0.2, 0) is 0 Å². The van der Waals surface area contributed by atoms with E-state index < -0.39 is 11.7 Å². The first-order valence-corrected chi connectivity index (χ1v) is 7.45. The molecule has 0 spiro atoms. The van der Waals surface area contributed by atoms with E-state index in [0.717, 1.165) is 29.3 Å². The van der Waals surface area contributed by atoms with Gasteiger partial charge in [0, 0.05) is 23.8 Å². The predicted octanol–water partition coefficient (Wildman–Crippen LogP) is 3.28. The number of allylic oxidation sites excluding steroid dienone is 1. The van der Waals surface area contributed by atoms with Crippen LogP contribution < -0.4 is 5.73 Å². The zero-order chi connectivity index (χ0) is 16.7. The lowest BCUT2D eigenvalue weighted by molar-refractivity contribution is 0.100. The monoisotopic (exact) mass is 320 g/mol. The summed E-state index contributed by atoms with van der Waals surface area (Å²) in [4.78, 5) is 23.5. The molecule has 0 saturated carbocycles. The maximum Gasteiger partial charge on any atom is 0.251 e. The van der Waals surface area contributed by atoms with E-state index in [1.54, 1.807) is 0 Å². The number of nitrogens with zero attached hydrogens (tertiary/aromatic N) is 2. The smallest absolute Gasteiger partial charge is 0.251 e. The maximum atomic E-state index is 13.7. The third-order valence-corrected chi connectivity index (χ3v) is 3.92. The van der Waals surface area contributed by atoms with E-state index in [1.165, 1.54) is 6.07 Å². The highest BCUT2D eigenvalue weighted by atomic mass is 19.1. The van der Waals surface area contributed by atoms with Crippen molar-refractivity contribution < 1.29 is 9.18 Å². The lowest BCUT2D eigenvalue weighted by atomic mass is 10.0. The number of benzene rings is 2. The Bertz CT molecular complexity index is 1030. The molecule has 1 amide bonds. The predicted molar refractivity (Wildman–Crippen MR) is 91.1 cm³/mol. The first kappa shape index (κ1) is 14.3. The van der Waals surface area contributed by atoms with Crippen LogP contribution in [-0.4, -0.2) is 22.1 Å². The number of hydrogen-bond acceptors (Lipinski definition) is 3. The summed E-state index contributed by atoms with van der Waals surface area (Å²) in [6.07, 6.45) is 4.65. The maximum absolute atomic E-state index is 13.7. The van der Waals surface area contributed by atoms with E-state index in [1.807, 2.05) is 36.6 Å². The van der Waals surface area contributed by atoms with Crippen LogP contribution in [0.5, 0.6) is 0 Å². The molecular weight excluding hydrogens is 307 g/mol. The number of fused-ring (bicyclic) bond motifs is 1. The third-order valence-electron chi connectivity index (χ3n) is 3.92. The first-order chi connectivity index (χ1) is 11.6. The summed E-state index contributed by atoms with van der Waals surface area (Å²) < 4.78 is 13.7. The number of imidazole rings is 1. The normalized spacial score (nSPS) is 13.5. The zero-order valence-electron chi connectivity index (χ0n) is 12.6. The number of carbonyl (C=O) groups excluding carboxylic acids is 1. The summed E-state index contributed by atoms with van der Waals surface area (Å²) >= 11 is 0. The second-order valence-electron chi connectivity index (χ2n) is 5.48. The molecule has 0 fully saturated rings. The van der Waals surface area contributed by atoms with Crippen LogP contribution in [0.2, 0.25) is 0 Å². The second-order valence-corrected chi connectivity index (χ2v) is 5.48. The minimum Gasteiger partial charge on any atom is -0.366 e. The van der Waals surface area contributed by atoms with Crippen molar-refractivity contribution in [3.8, 4) is 11.4 Å². The van der Waals surface area contributed by atoms with Gasteiger partial charge in [-0.1, -0.05) is 30.3 Å². The van der Waals surface area contributed by atoms with Gasteiger partial charge in [0.15, 0.2) is 0 Å². The van der Waals surface area contributed by atoms with Gasteiger partial charge in [-0.25, -0.2) is 9.37 Å². The van der Waals surface area contributed by atoms with E-state index in [9.17, 15) is 9.18 Å². The lowest BCUT2D eigenvalue weighted by Gasteiger charge is -2.06. The fourth-order valence-corrected chi connectivity index (χ4v) is 2.86. The Morgan fingerprint density at radius 1 is 1.21 bits per heavy atom. The molecule has 0 atom stereocenters. The SMILES string of the molecule is NC(=O)c1cc(F)cc2[nH]c(-c3ccccc3C3=CCC=N3)nc12. The highest BCUT2D eigenvalue weighted by Gasteiger charge is 2.17. The number of aliphatic imine (C=N–C) groups is 1. The number of carbonyl (C=O) groups is 1. The molecule has 5 nitrogen and oxygen atoms in total. The van der Waals surface area contributed by atoms with Crippen LogP contribution in [0.25, 0.3) is 28.1 Å². The van der Waals surface area contributed by atoms with E-state index >= 15 is 0 Å². The number of aromatic amines is 1. The van der Waals surface area contributed by atoms with Gasteiger partial charge in [-0.05, 0) is 12.1 Å². The summed E-state index contributed by atoms with van der Waals surface area (Å²) in [5.41, 5.74) is 8.80. The van der Waals surface area contributed by atoms with Crippen LogP contribution in [0.3, 0.4) is 0 Å². The lowest BCUT2D eigenvalue weighted by Crippen LogP contribution is -2.11. The van der Waals surface area contributed by atoms with Gasteiger partial charge >= 0.3 is 0 Å². The number of primary amides is 1. The number of H-pyrrole nitrogens is 1. The number of aromatic nitrogens is 2. The van der Waals surface area contributed by atoms with Gasteiger partial charge in [0.25, 0.3) is 5.91 Å². The van der Waals surface area contributed by atoms with Crippen molar-refractivity contribution in [2.75, 3.05) is 0 Å². The van der Waals surface area contributed by atoms with Crippen LogP contribution in [0.4, 0.5) is 4.39 Å². The average Bonchev–Trinajstić information content (AvgIpc) is 3.23. The highest BCUT2D eigenvalue weighted by molar-refractivity contribution is 6.04. The molecule has 3 aromatic rings. The minimum atomic E-state index is -0.714. The molecule has 1 aromatic heterocycles. The van der Waals surface area contributed by atoms with Gasteiger partial charge in [-0.15, -0.1) is 0 Å². The molecule has 1 aliphatic rings. The van der Waals surface area contributed by atoms with Crippen LogP contribution in [0.15, 0.2) is 47.5 Å². The van der Waals surface area contributed by atoms with Gasteiger partial charge in [0.1, 0.15) is 17.2 Å². The Labute approximate surface area is 136 Å². The molecule has 118 valence electrons. The Morgan fingerprint density at radius 2 is 2.00 bits per heavy atom. The molecule has 2 aromatic carbocycles. The van der Waals surface area contributed by atoms with Crippen molar-refractivity contribution in [3.05, 3.63) is 59.4 Å². The van der Waals surface area contributed by atoms with E-state index in [-0.39, 0.29) is 5.56 Å². The van der Waals surface area contributed by atoms with Gasteiger partial charge in [-0.2, -0.15) is 0 Å². The second kappa shape index (κ2) is 5.42. The van der Waals surface area contributed by atoms with Crippen molar-refractivity contribution in [2.45, 2.75) is 6.42 Å². The van der Waals surface area contributed by atoms with Crippen LogP contribution in [0.1, 0.15) is 22.3 Å². The fraction of sp³-hybridized carbons (Fsp3) is 0.0556. The van der Waals surface area contributed by atoms with Crippen LogP contribution >= 0.6 is 0 Å². The first-order valence-electron chi connectivity index (χ1n) is 7.45. The van der Waals surface area contributed by atoms with Crippen LogP contribution in [0, 0.1) is 5.82 Å². The van der Waals surface area contributed by atoms with Crippen molar-refractivity contribution in [1.82, 2.24) is 9.97 Å². The van der Waals surface area contributed by atoms with Crippen molar-refractivity contribution in [3.63, 3.8) is 0 Å². The molecule has 0 unspecified atom stereocenters. The van der Waals surface area contributed by atoms with E-state index in [4.69, 9.17) is 5.73 Å². The molecule has 0 radical (unpaired) electrons. The number of amides is 1. The highest BCUT2D eigenvalue weighted by Crippen LogP contribution is 2.31. The molecular formula is C18H13FN4O. The Balaban J connectivity index is 1.94. The topological polar surface area (TPSA) is 84.1 Å². The summed E-state index contributed by atoms with van der Waals surface area (Å²) in [5.74, 6) is -0.714. The zero-order valence-corrected chi connectivity index (χ0v) is 12.6. The molecule has 4 rings (SSSR count). The molecule has 24 heavy (non-hydrogen) atoms. The molecule has 0 saturated heterocycles. The van der Waals surface area contributed by atoms with E-state index in [2.05, 4.69) is 15.0 Å². The molecule has 2 heterocycles. The Morgan fingerprint density at radius 3 is 2.71 bits per heavy atom. The third kappa shape index (κ3) is 2.28. The van der Waals surface area contributed by atoms with Gasteiger partial charge in [-0.3, -0.25) is 9.79 Å². The van der Waals surface area contributed by atoms with Crippen molar-refractivity contribution in [1.29, 1.82) is 0 Å². The van der Waals surface area contributed by atoms with Gasteiger partial charge < -0.3 is 10.7 Å². The number of nitrogens with one attached hydrogen (secondary N) is 1. The standard InChI is InChI=1S/C18H13FN4O/c19-10-8-13(17(20)24)16-15(9-10)22-18(23-16)12-5-2-1-4-11(12)14-6-3-7-21-14/h1-2,4-9H,3H2,(H2,20,24)(H,22,23). The van der Waals surface area contributed by atoms with E-state index in [0.29, 0.717) is 16.9 Å². The van der Waals surface area contributed by atoms with Gasteiger partial charge in [0.2, 0.25) is 0 Å². The molecule has 3 N–H and O–H groups in total. The van der Waals surface area contributed by atoms with Crippen molar-refractivity contribution in [2.24, 2.45) is 10.7 Å². The summed E-state index contributed by atoms with van der Waals surface area (Å²) in [5, 5.41) is 0. The van der Waals surface area contributed by atoms with Crippen molar-refractivity contribution >= 4 is 28.9 Å². The Hall–Kier alpha value is -3.28. The summed E-state index contributed by atoms with van der Waals surface area (Å²) in [6.45, 7) is 0. The minimum absolute atomic E-state index is 0.0584. The van der Waals surface area contributed by atoms with Gasteiger partial charge in [0.05, 0.1) is 16.8 Å². The molecule has 0 aliphatic carbocycles. The number of rotatable bonds is 3. The number of halogens is 1. The number of hydrogen-bond donors (Lipinski definition) is 2. The summed E-state index contributed by atoms with van der Waals surface area (Å²) in [7, 11) is 0. The average molecular weight is 320 g/mol. The largest absolute Gasteiger partial charge is 0.366 e. The fourth-order valence-electron chi connectivity index (χ4n) is 2.86. The molecule has 0 bridgehead atoms. The summed E-state index contributed by atoms with van der Waals surface area (Å²) in [6, 6.07) is 10.1. The quantitative estimate of drug-likeness (QED) is 0.776. The number of nitrogens with two attached hydrogens (primary N) is 1.